The Morgan fingerprint density at radius 2 is 0.800 bits per heavy atom. The SMILES string of the molecule is C1CCCC(NC2CCCCCC2)CC1. The largest absolute Gasteiger partial charge is 0.311 e. The van der Waals surface area contributed by atoms with Gasteiger partial charge in [-0.15, -0.1) is 0 Å². The molecule has 0 heterocycles. The molecule has 0 aromatic rings. The van der Waals surface area contributed by atoms with Gasteiger partial charge in [0.2, 0.25) is 0 Å². The molecule has 1 nitrogen and oxygen atoms in total. The summed E-state index contributed by atoms with van der Waals surface area (Å²) >= 11 is 0. The van der Waals surface area contributed by atoms with E-state index in [0.717, 1.165) is 12.1 Å². The molecule has 2 fully saturated rings. The third kappa shape index (κ3) is 4.14. The number of rotatable bonds is 2. The molecular weight excluding hydrogens is 182 g/mol. The van der Waals surface area contributed by atoms with Crippen LogP contribution in [0.2, 0.25) is 0 Å². The Morgan fingerprint density at radius 1 is 0.467 bits per heavy atom. The van der Waals surface area contributed by atoms with Crippen LogP contribution in [-0.4, -0.2) is 12.1 Å². The molecule has 0 spiro atoms. The third-order valence-corrected chi connectivity index (χ3v) is 4.18. The first kappa shape index (κ1) is 11.4. The van der Waals surface area contributed by atoms with Gasteiger partial charge in [0.15, 0.2) is 0 Å². The molecule has 2 saturated carbocycles. The predicted molar refractivity (Wildman–Crippen MR) is 66.1 cm³/mol. The molecule has 2 rings (SSSR count). The Labute approximate surface area is 95.0 Å². The average Bonchev–Trinajstić information content (AvgIpc) is 2.63. The maximum atomic E-state index is 3.94. The molecular formula is C14H27N. The van der Waals surface area contributed by atoms with Crippen LogP contribution in [-0.2, 0) is 0 Å². The Morgan fingerprint density at radius 3 is 1.13 bits per heavy atom. The van der Waals surface area contributed by atoms with Gasteiger partial charge in [-0.25, -0.2) is 0 Å². The lowest BCUT2D eigenvalue weighted by Gasteiger charge is -2.23. The van der Waals surface area contributed by atoms with E-state index < -0.39 is 0 Å². The summed E-state index contributed by atoms with van der Waals surface area (Å²) in [7, 11) is 0. The maximum absolute atomic E-state index is 3.94. The molecule has 2 aliphatic rings. The second-order valence-electron chi connectivity index (χ2n) is 5.54. The van der Waals surface area contributed by atoms with E-state index in [1.54, 1.807) is 0 Å². The zero-order valence-electron chi connectivity index (χ0n) is 10.1. The van der Waals surface area contributed by atoms with E-state index in [1.807, 2.05) is 0 Å². The van der Waals surface area contributed by atoms with Crippen LogP contribution in [0.1, 0.15) is 77.0 Å². The minimum absolute atomic E-state index is 0.857. The number of nitrogens with one attached hydrogen (secondary N) is 1. The number of hydrogen-bond donors (Lipinski definition) is 1. The van der Waals surface area contributed by atoms with Gasteiger partial charge < -0.3 is 5.32 Å². The van der Waals surface area contributed by atoms with Crippen LogP contribution in [0.4, 0.5) is 0 Å². The van der Waals surface area contributed by atoms with Gasteiger partial charge in [-0.1, -0.05) is 51.4 Å². The molecule has 0 amide bonds. The summed E-state index contributed by atoms with van der Waals surface area (Å²) < 4.78 is 0. The monoisotopic (exact) mass is 209 g/mol. The first-order chi connectivity index (χ1) is 7.45. The highest BCUT2D eigenvalue weighted by molar-refractivity contribution is 4.78. The molecule has 0 aliphatic heterocycles. The van der Waals surface area contributed by atoms with Crippen molar-refractivity contribution in [2.45, 2.75) is 89.1 Å². The molecule has 0 aromatic carbocycles. The van der Waals surface area contributed by atoms with Gasteiger partial charge in [0.25, 0.3) is 0 Å². The summed E-state index contributed by atoms with van der Waals surface area (Å²) in [4.78, 5) is 0. The lowest BCUT2D eigenvalue weighted by Crippen LogP contribution is -2.37. The Kier molecular flexibility index (Phi) is 4.98. The van der Waals surface area contributed by atoms with Crippen molar-refractivity contribution in [2.75, 3.05) is 0 Å². The third-order valence-electron chi connectivity index (χ3n) is 4.18. The summed E-state index contributed by atoms with van der Waals surface area (Å²) in [5.41, 5.74) is 0. The molecule has 1 heteroatoms. The molecule has 0 bridgehead atoms. The summed E-state index contributed by atoms with van der Waals surface area (Å²) in [5.74, 6) is 0. The predicted octanol–water partition coefficient (Wildman–Crippen LogP) is 4.02. The van der Waals surface area contributed by atoms with E-state index in [1.165, 1.54) is 77.0 Å². The smallest absolute Gasteiger partial charge is 0.00696 e. The van der Waals surface area contributed by atoms with E-state index in [-0.39, 0.29) is 0 Å². The van der Waals surface area contributed by atoms with Crippen molar-refractivity contribution in [3.8, 4) is 0 Å². The molecule has 88 valence electrons. The molecule has 0 aromatic heterocycles. The van der Waals surface area contributed by atoms with Crippen LogP contribution >= 0.6 is 0 Å². The molecule has 0 saturated heterocycles. The quantitative estimate of drug-likeness (QED) is 0.677. The van der Waals surface area contributed by atoms with Crippen molar-refractivity contribution in [3.63, 3.8) is 0 Å². The minimum atomic E-state index is 0.857. The van der Waals surface area contributed by atoms with Gasteiger partial charge in [0.05, 0.1) is 0 Å². The van der Waals surface area contributed by atoms with E-state index in [4.69, 9.17) is 0 Å². The fourth-order valence-electron chi connectivity index (χ4n) is 3.23. The average molecular weight is 209 g/mol. The minimum Gasteiger partial charge on any atom is -0.311 e. The van der Waals surface area contributed by atoms with Gasteiger partial charge >= 0.3 is 0 Å². The van der Waals surface area contributed by atoms with Crippen LogP contribution in [0.15, 0.2) is 0 Å². The summed E-state index contributed by atoms with van der Waals surface area (Å²) in [6, 6.07) is 1.71. The van der Waals surface area contributed by atoms with E-state index in [9.17, 15) is 0 Å². The zero-order chi connectivity index (χ0) is 10.3. The maximum Gasteiger partial charge on any atom is 0.00696 e. The van der Waals surface area contributed by atoms with Crippen molar-refractivity contribution in [3.05, 3.63) is 0 Å². The highest BCUT2D eigenvalue weighted by Gasteiger charge is 2.17. The number of hydrogen-bond acceptors (Lipinski definition) is 1. The van der Waals surface area contributed by atoms with Crippen LogP contribution in [0.3, 0.4) is 0 Å². The summed E-state index contributed by atoms with van der Waals surface area (Å²) in [6.45, 7) is 0. The standard InChI is InChI=1S/C14H27N/c1-2-6-10-13(9-5-1)15-14-11-7-3-4-8-12-14/h13-15H,1-12H2. The lowest BCUT2D eigenvalue weighted by molar-refractivity contribution is 0.366. The Bertz CT molecular complexity index is 133. The molecule has 0 atom stereocenters. The fourth-order valence-corrected chi connectivity index (χ4v) is 3.23. The Balaban J connectivity index is 1.73. The fraction of sp³-hybridized carbons (Fsp3) is 1.00. The van der Waals surface area contributed by atoms with Crippen molar-refractivity contribution in [1.82, 2.24) is 5.32 Å². The van der Waals surface area contributed by atoms with E-state index >= 15 is 0 Å². The second-order valence-corrected chi connectivity index (χ2v) is 5.54. The lowest BCUT2D eigenvalue weighted by atomic mass is 10.0. The van der Waals surface area contributed by atoms with E-state index in [0.29, 0.717) is 0 Å². The van der Waals surface area contributed by atoms with Gasteiger partial charge in [0, 0.05) is 12.1 Å². The molecule has 0 unspecified atom stereocenters. The zero-order valence-corrected chi connectivity index (χ0v) is 10.1. The highest BCUT2D eigenvalue weighted by Crippen LogP contribution is 2.21. The van der Waals surface area contributed by atoms with Crippen molar-refractivity contribution < 1.29 is 0 Å². The molecule has 15 heavy (non-hydrogen) atoms. The van der Waals surface area contributed by atoms with Crippen LogP contribution in [0.25, 0.3) is 0 Å². The first-order valence-corrected chi connectivity index (χ1v) is 7.21. The van der Waals surface area contributed by atoms with Crippen molar-refractivity contribution in [2.24, 2.45) is 0 Å². The van der Waals surface area contributed by atoms with Gasteiger partial charge in [-0.05, 0) is 25.7 Å². The Hall–Kier alpha value is -0.0400. The van der Waals surface area contributed by atoms with Crippen molar-refractivity contribution >= 4 is 0 Å². The topological polar surface area (TPSA) is 12.0 Å². The summed E-state index contributed by atoms with van der Waals surface area (Å²) in [6.07, 6.45) is 17.5. The summed E-state index contributed by atoms with van der Waals surface area (Å²) in [5, 5.41) is 3.94. The van der Waals surface area contributed by atoms with Crippen molar-refractivity contribution in [1.29, 1.82) is 0 Å². The van der Waals surface area contributed by atoms with Crippen LogP contribution < -0.4 is 5.32 Å². The van der Waals surface area contributed by atoms with Crippen LogP contribution in [0, 0.1) is 0 Å². The molecule has 1 N–H and O–H groups in total. The first-order valence-electron chi connectivity index (χ1n) is 7.21. The second kappa shape index (κ2) is 6.52. The molecule has 2 aliphatic carbocycles. The normalized spacial score (nSPS) is 27.2. The van der Waals surface area contributed by atoms with E-state index in [2.05, 4.69) is 5.32 Å². The van der Waals surface area contributed by atoms with Gasteiger partial charge in [0.1, 0.15) is 0 Å². The highest BCUT2D eigenvalue weighted by atomic mass is 14.9. The molecule has 0 radical (unpaired) electrons. The van der Waals surface area contributed by atoms with Gasteiger partial charge in [-0.2, -0.15) is 0 Å². The van der Waals surface area contributed by atoms with Crippen LogP contribution in [0.5, 0.6) is 0 Å². The van der Waals surface area contributed by atoms with Gasteiger partial charge in [-0.3, -0.25) is 0 Å².